The van der Waals surface area contributed by atoms with Gasteiger partial charge in [-0.3, -0.25) is 14.9 Å². The number of amides is 1. The van der Waals surface area contributed by atoms with Crippen molar-refractivity contribution in [3.05, 3.63) is 57.8 Å². The molecule has 0 unspecified atom stereocenters. The van der Waals surface area contributed by atoms with E-state index in [1.54, 1.807) is 6.07 Å². The number of aromatic nitrogens is 1. The Hall–Kier alpha value is -3.47. The SMILES string of the molecule is N#Cc1nc(Oc2ccc(C(N)=O)cc2)ccc1[N+](=O)[O-]. The van der Waals surface area contributed by atoms with Crippen LogP contribution in [-0.2, 0) is 0 Å². The van der Waals surface area contributed by atoms with Crippen molar-refractivity contribution in [2.45, 2.75) is 0 Å². The Bertz CT molecular complexity index is 750. The van der Waals surface area contributed by atoms with Crippen molar-refractivity contribution in [2.75, 3.05) is 0 Å². The second-order valence-electron chi connectivity index (χ2n) is 3.88. The third-order valence-electron chi connectivity index (χ3n) is 2.51. The van der Waals surface area contributed by atoms with Crippen LogP contribution in [0.4, 0.5) is 5.69 Å². The van der Waals surface area contributed by atoms with Crippen LogP contribution >= 0.6 is 0 Å². The molecule has 21 heavy (non-hydrogen) atoms. The first kappa shape index (κ1) is 14.0. The normalized spacial score (nSPS) is 9.67. The summed E-state index contributed by atoms with van der Waals surface area (Å²) in [7, 11) is 0. The first-order valence-electron chi connectivity index (χ1n) is 5.64. The Kier molecular flexibility index (Phi) is 3.76. The molecule has 1 amide bonds. The summed E-state index contributed by atoms with van der Waals surface area (Å²) >= 11 is 0. The van der Waals surface area contributed by atoms with Crippen molar-refractivity contribution in [1.29, 1.82) is 5.26 Å². The molecule has 1 heterocycles. The van der Waals surface area contributed by atoms with Crippen LogP contribution in [0, 0.1) is 21.4 Å². The smallest absolute Gasteiger partial charge is 0.305 e. The molecule has 0 aliphatic rings. The lowest BCUT2D eigenvalue weighted by atomic mass is 10.2. The minimum atomic E-state index is -0.697. The Morgan fingerprint density at radius 2 is 1.95 bits per heavy atom. The molecular formula is C13H8N4O4. The molecule has 0 saturated carbocycles. The number of pyridine rings is 1. The van der Waals surface area contributed by atoms with Gasteiger partial charge in [-0.1, -0.05) is 0 Å². The van der Waals surface area contributed by atoms with E-state index in [0.29, 0.717) is 11.3 Å². The predicted octanol–water partition coefficient (Wildman–Crippen LogP) is 1.75. The number of carbonyl (C=O) groups is 1. The fourth-order valence-corrected chi connectivity index (χ4v) is 1.53. The van der Waals surface area contributed by atoms with Crippen molar-refractivity contribution >= 4 is 11.6 Å². The van der Waals surface area contributed by atoms with Crippen LogP contribution in [0.15, 0.2) is 36.4 Å². The maximum Gasteiger partial charge on any atom is 0.305 e. The van der Waals surface area contributed by atoms with Crippen LogP contribution in [0.5, 0.6) is 11.6 Å². The standard InChI is InChI=1S/C13H8N4O4/c14-7-10-11(17(19)20)5-6-12(16-10)21-9-3-1-8(2-4-9)13(15)18/h1-6H,(H2,15,18). The maximum atomic E-state index is 10.9. The number of nitrogens with zero attached hydrogens (tertiary/aromatic N) is 3. The number of carbonyl (C=O) groups excluding carboxylic acids is 1. The monoisotopic (exact) mass is 284 g/mol. The predicted molar refractivity (Wildman–Crippen MR) is 70.6 cm³/mol. The van der Waals surface area contributed by atoms with Gasteiger partial charge in [-0.15, -0.1) is 0 Å². The van der Waals surface area contributed by atoms with Gasteiger partial charge in [-0.05, 0) is 24.3 Å². The summed E-state index contributed by atoms with van der Waals surface area (Å²) in [5.41, 5.74) is 4.69. The summed E-state index contributed by atoms with van der Waals surface area (Å²) < 4.78 is 5.35. The van der Waals surface area contributed by atoms with E-state index in [0.717, 1.165) is 6.07 Å². The zero-order valence-corrected chi connectivity index (χ0v) is 10.5. The van der Waals surface area contributed by atoms with Gasteiger partial charge in [0, 0.05) is 17.7 Å². The summed E-state index contributed by atoms with van der Waals surface area (Å²) in [6, 6.07) is 9.97. The van der Waals surface area contributed by atoms with E-state index in [-0.39, 0.29) is 11.6 Å². The molecule has 2 aromatic rings. The second kappa shape index (κ2) is 5.66. The number of hydrogen-bond acceptors (Lipinski definition) is 6. The highest BCUT2D eigenvalue weighted by atomic mass is 16.6. The highest BCUT2D eigenvalue weighted by molar-refractivity contribution is 5.92. The number of nitro groups is 1. The van der Waals surface area contributed by atoms with Gasteiger partial charge < -0.3 is 10.5 Å². The van der Waals surface area contributed by atoms with Gasteiger partial charge in [-0.2, -0.15) is 10.2 Å². The number of nitrogens with two attached hydrogens (primary N) is 1. The molecule has 0 aliphatic heterocycles. The average molecular weight is 284 g/mol. The van der Waals surface area contributed by atoms with Gasteiger partial charge in [0.2, 0.25) is 17.5 Å². The molecule has 2 rings (SSSR count). The van der Waals surface area contributed by atoms with Crippen molar-refractivity contribution in [3.8, 4) is 17.7 Å². The average Bonchev–Trinajstić information content (AvgIpc) is 2.47. The molecule has 0 aliphatic carbocycles. The van der Waals surface area contributed by atoms with Gasteiger partial charge in [0.1, 0.15) is 11.8 Å². The molecule has 0 atom stereocenters. The van der Waals surface area contributed by atoms with Gasteiger partial charge in [-0.25, -0.2) is 0 Å². The fourth-order valence-electron chi connectivity index (χ4n) is 1.53. The Morgan fingerprint density at radius 1 is 1.29 bits per heavy atom. The van der Waals surface area contributed by atoms with Crippen LogP contribution in [0.1, 0.15) is 16.1 Å². The molecule has 0 spiro atoms. The van der Waals surface area contributed by atoms with Crippen LogP contribution in [0.2, 0.25) is 0 Å². The summed E-state index contributed by atoms with van der Waals surface area (Å²) in [5.74, 6) is -0.184. The zero-order valence-electron chi connectivity index (χ0n) is 10.5. The number of ether oxygens (including phenoxy) is 1. The van der Waals surface area contributed by atoms with E-state index in [1.165, 1.54) is 30.3 Å². The lowest BCUT2D eigenvalue weighted by molar-refractivity contribution is -0.385. The fraction of sp³-hybridized carbons (Fsp3) is 0. The Labute approximate surface area is 118 Å². The van der Waals surface area contributed by atoms with Crippen molar-refractivity contribution in [1.82, 2.24) is 4.98 Å². The molecule has 1 aromatic carbocycles. The molecular weight excluding hydrogens is 276 g/mol. The van der Waals surface area contributed by atoms with E-state index in [9.17, 15) is 14.9 Å². The summed E-state index contributed by atoms with van der Waals surface area (Å²) in [6.45, 7) is 0. The molecule has 0 bridgehead atoms. The minimum absolute atomic E-state index is 0.0315. The van der Waals surface area contributed by atoms with Crippen molar-refractivity contribution < 1.29 is 14.5 Å². The lowest BCUT2D eigenvalue weighted by Crippen LogP contribution is -2.10. The highest BCUT2D eigenvalue weighted by Crippen LogP contribution is 2.24. The third kappa shape index (κ3) is 3.10. The van der Waals surface area contributed by atoms with E-state index >= 15 is 0 Å². The van der Waals surface area contributed by atoms with E-state index in [1.807, 2.05) is 0 Å². The molecule has 8 nitrogen and oxygen atoms in total. The quantitative estimate of drug-likeness (QED) is 0.671. The van der Waals surface area contributed by atoms with Crippen LogP contribution in [0.25, 0.3) is 0 Å². The Morgan fingerprint density at radius 3 is 2.48 bits per heavy atom. The number of benzene rings is 1. The molecule has 0 fully saturated rings. The highest BCUT2D eigenvalue weighted by Gasteiger charge is 2.16. The summed E-state index contributed by atoms with van der Waals surface area (Å²) in [5, 5.41) is 19.5. The van der Waals surface area contributed by atoms with Gasteiger partial charge in [0.05, 0.1) is 4.92 Å². The van der Waals surface area contributed by atoms with Gasteiger partial charge >= 0.3 is 5.69 Å². The van der Waals surface area contributed by atoms with Gasteiger partial charge in [0.15, 0.2) is 0 Å². The molecule has 2 N–H and O–H groups in total. The molecule has 104 valence electrons. The second-order valence-corrected chi connectivity index (χ2v) is 3.88. The molecule has 1 aromatic heterocycles. The number of hydrogen-bond donors (Lipinski definition) is 1. The maximum absolute atomic E-state index is 10.9. The van der Waals surface area contributed by atoms with E-state index in [2.05, 4.69) is 4.98 Å². The largest absolute Gasteiger partial charge is 0.439 e. The summed E-state index contributed by atoms with van der Waals surface area (Å²) in [4.78, 5) is 24.7. The Balaban J connectivity index is 2.26. The third-order valence-corrected chi connectivity index (χ3v) is 2.51. The van der Waals surface area contributed by atoms with E-state index < -0.39 is 16.5 Å². The van der Waals surface area contributed by atoms with Crippen LogP contribution in [-0.4, -0.2) is 15.8 Å². The first-order chi connectivity index (χ1) is 10.0. The first-order valence-corrected chi connectivity index (χ1v) is 5.64. The van der Waals surface area contributed by atoms with E-state index in [4.69, 9.17) is 15.7 Å². The number of rotatable bonds is 4. The molecule has 0 saturated heterocycles. The summed E-state index contributed by atoms with van der Waals surface area (Å²) in [6.07, 6.45) is 0. The van der Waals surface area contributed by atoms with Crippen LogP contribution in [0.3, 0.4) is 0 Å². The zero-order chi connectivity index (χ0) is 15.4. The van der Waals surface area contributed by atoms with Crippen molar-refractivity contribution in [3.63, 3.8) is 0 Å². The molecule has 8 heteroatoms. The van der Waals surface area contributed by atoms with Gasteiger partial charge in [0.25, 0.3) is 0 Å². The topological polar surface area (TPSA) is 132 Å². The van der Waals surface area contributed by atoms with Crippen molar-refractivity contribution in [2.24, 2.45) is 5.73 Å². The minimum Gasteiger partial charge on any atom is -0.439 e. The molecule has 0 radical (unpaired) electrons. The van der Waals surface area contributed by atoms with Crippen LogP contribution < -0.4 is 10.5 Å². The lowest BCUT2D eigenvalue weighted by Gasteiger charge is -2.05. The number of nitriles is 1. The number of primary amides is 1.